The van der Waals surface area contributed by atoms with Crippen molar-refractivity contribution in [2.75, 3.05) is 7.05 Å². The first-order valence-electron chi connectivity index (χ1n) is 9.24. The molecule has 3 aromatic rings. The van der Waals surface area contributed by atoms with Crippen molar-refractivity contribution in [3.05, 3.63) is 49.2 Å². The van der Waals surface area contributed by atoms with Crippen LogP contribution in [0.2, 0.25) is 0 Å². The Hall–Kier alpha value is -3.29. The largest absolute Gasteiger partial charge is 0.339 e. The first-order chi connectivity index (χ1) is 13.5. The fraction of sp³-hybridized carbons (Fsp3) is 0.350. The van der Waals surface area contributed by atoms with Crippen molar-refractivity contribution in [3.63, 3.8) is 0 Å². The van der Waals surface area contributed by atoms with E-state index in [0.717, 1.165) is 18.4 Å². The molecule has 2 atom stereocenters. The molecule has 1 saturated carbocycles. The first-order valence-corrected chi connectivity index (χ1v) is 9.24. The Kier molecular flexibility index (Phi) is 4.54. The lowest BCUT2D eigenvalue weighted by Gasteiger charge is -2.23. The van der Waals surface area contributed by atoms with Crippen LogP contribution < -0.4 is 0 Å². The molecule has 1 amide bonds. The van der Waals surface area contributed by atoms with Crippen molar-refractivity contribution < 1.29 is 9.59 Å². The average Bonchev–Trinajstić information content (AvgIpc) is 3.45. The predicted molar refractivity (Wildman–Crippen MR) is 104 cm³/mol. The molecular weight excluding hydrogens is 356 g/mol. The third kappa shape index (κ3) is 3.11. The number of nitrogens with zero attached hydrogens (tertiary/aromatic N) is 6. The Morgan fingerprint density at radius 2 is 2.11 bits per heavy atom. The summed E-state index contributed by atoms with van der Waals surface area (Å²) in [5, 5.41) is 8.48. The fourth-order valence-corrected chi connectivity index (χ4v) is 3.87. The number of aryl methyl sites for hydroxylation is 1. The minimum atomic E-state index is -0.166. The molecule has 0 radical (unpaired) electrons. The van der Waals surface area contributed by atoms with Crippen LogP contribution in [0.5, 0.6) is 0 Å². The summed E-state index contributed by atoms with van der Waals surface area (Å²) in [5.41, 5.74) is 2.59. The van der Waals surface area contributed by atoms with Crippen molar-refractivity contribution in [3.8, 4) is 11.3 Å². The van der Waals surface area contributed by atoms with E-state index in [-0.39, 0.29) is 23.7 Å². The minimum absolute atomic E-state index is 0.00167. The van der Waals surface area contributed by atoms with E-state index in [1.165, 1.54) is 6.08 Å². The topological polar surface area (TPSA) is 85.4 Å². The third-order valence-corrected chi connectivity index (χ3v) is 5.47. The van der Waals surface area contributed by atoms with Gasteiger partial charge in [-0.3, -0.25) is 14.3 Å². The van der Waals surface area contributed by atoms with E-state index in [9.17, 15) is 9.59 Å². The van der Waals surface area contributed by atoms with Crippen LogP contribution in [-0.2, 0) is 11.8 Å². The van der Waals surface area contributed by atoms with E-state index in [4.69, 9.17) is 0 Å². The van der Waals surface area contributed by atoms with Crippen molar-refractivity contribution in [2.24, 2.45) is 13.0 Å². The molecular formula is C20H22N6O2. The Morgan fingerprint density at radius 1 is 1.29 bits per heavy atom. The highest BCUT2D eigenvalue weighted by molar-refractivity contribution is 6.02. The number of amides is 1. The molecule has 1 aliphatic rings. The van der Waals surface area contributed by atoms with E-state index >= 15 is 0 Å². The number of rotatable bonds is 5. The Balaban J connectivity index is 1.65. The number of hydrogen-bond donors (Lipinski definition) is 0. The fourth-order valence-electron chi connectivity index (χ4n) is 3.87. The highest BCUT2D eigenvalue weighted by Crippen LogP contribution is 2.32. The number of ketones is 1. The van der Waals surface area contributed by atoms with Gasteiger partial charge in [0.2, 0.25) is 5.91 Å². The van der Waals surface area contributed by atoms with Crippen molar-refractivity contribution >= 4 is 17.2 Å². The Labute approximate surface area is 162 Å². The summed E-state index contributed by atoms with van der Waals surface area (Å²) in [6.07, 6.45) is 10.5. The maximum absolute atomic E-state index is 13.3. The first kappa shape index (κ1) is 18.1. The van der Waals surface area contributed by atoms with Crippen molar-refractivity contribution in [1.29, 1.82) is 0 Å². The number of hydrogen-bond acceptors (Lipinski definition) is 5. The van der Waals surface area contributed by atoms with Crippen LogP contribution in [0, 0.1) is 5.92 Å². The molecule has 0 unspecified atom stereocenters. The van der Waals surface area contributed by atoms with Gasteiger partial charge in [0.1, 0.15) is 5.69 Å². The summed E-state index contributed by atoms with van der Waals surface area (Å²) in [6, 6.07) is 1.84. The lowest BCUT2D eigenvalue weighted by atomic mass is 9.98. The van der Waals surface area contributed by atoms with Crippen LogP contribution in [0.25, 0.3) is 16.8 Å². The molecule has 4 rings (SSSR count). The second-order valence-corrected chi connectivity index (χ2v) is 7.22. The molecule has 0 aliphatic heterocycles. The molecule has 28 heavy (non-hydrogen) atoms. The number of aromatic nitrogens is 5. The molecule has 0 bridgehead atoms. The molecule has 0 N–H and O–H groups in total. The van der Waals surface area contributed by atoms with Crippen LogP contribution in [0.4, 0.5) is 0 Å². The minimum Gasteiger partial charge on any atom is -0.339 e. The summed E-state index contributed by atoms with van der Waals surface area (Å²) in [4.78, 5) is 31.5. The highest BCUT2D eigenvalue weighted by Gasteiger charge is 2.35. The van der Waals surface area contributed by atoms with Gasteiger partial charge < -0.3 is 4.90 Å². The predicted octanol–water partition coefficient (Wildman–Crippen LogP) is 2.13. The number of carbonyl (C=O) groups excluding carboxylic acids is 2. The average molecular weight is 378 g/mol. The highest BCUT2D eigenvalue weighted by atomic mass is 16.2. The standard InChI is InChI=1S/C20H22N6O2/c1-4-18(27)25(3)15-6-5-13(9-15)20(28)19-17-7-8-21-26(17)12-16(23-19)14-10-22-24(2)11-14/h4,7-8,10-13,15H,1,5-6,9H2,2-3H3/t13-,15+/m0/s1. The number of Topliss-reactive ketones (excluding diaryl/α,β-unsaturated/α-hetero) is 1. The van der Waals surface area contributed by atoms with Gasteiger partial charge in [-0.1, -0.05) is 6.58 Å². The van der Waals surface area contributed by atoms with Crippen LogP contribution in [0.1, 0.15) is 29.8 Å². The Bertz CT molecular complexity index is 1070. The van der Waals surface area contributed by atoms with Crippen LogP contribution in [0.3, 0.4) is 0 Å². The summed E-state index contributed by atoms with van der Waals surface area (Å²) >= 11 is 0. The van der Waals surface area contributed by atoms with E-state index in [0.29, 0.717) is 23.3 Å². The molecule has 3 heterocycles. The normalized spacial score (nSPS) is 19.1. The van der Waals surface area contributed by atoms with Gasteiger partial charge >= 0.3 is 0 Å². The van der Waals surface area contributed by atoms with Gasteiger partial charge in [0.15, 0.2) is 5.78 Å². The van der Waals surface area contributed by atoms with Crippen LogP contribution in [0.15, 0.2) is 43.5 Å². The second-order valence-electron chi connectivity index (χ2n) is 7.22. The zero-order chi connectivity index (χ0) is 19.8. The lowest BCUT2D eigenvalue weighted by Crippen LogP contribution is -2.34. The summed E-state index contributed by atoms with van der Waals surface area (Å²) in [5.74, 6) is -0.286. The van der Waals surface area contributed by atoms with Crippen molar-refractivity contribution in [2.45, 2.75) is 25.3 Å². The summed E-state index contributed by atoms with van der Waals surface area (Å²) < 4.78 is 3.38. The van der Waals surface area contributed by atoms with Gasteiger partial charge in [-0.05, 0) is 31.4 Å². The van der Waals surface area contributed by atoms with Crippen LogP contribution in [-0.4, -0.2) is 54.1 Å². The SMILES string of the molecule is C=CC(=O)N(C)[C@@H]1CC[C@H](C(=O)c2nc(-c3cnn(C)c3)cn3nccc23)C1. The van der Waals surface area contributed by atoms with Crippen LogP contribution >= 0.6 is 0 Å². The molecule has 1 aliphatic carbocycles. The van der Waals surface area contributed by atoms with Gasteiger partial charge in [-0.25, -0.2) is 9.50 Å². The maximum Gasteiger partial charge on any atom is 0.245 e. The smallest absolute Gasteiger partial charge is 0.245 e. The second kappa shape index (κ2) is 7.03. The van der Waals surface area contributed by atoms with Crippen molar-refractivity contribution in [1.82, 2.24) is 29.3 Å². The summed E-state index contributed by atoms with van der Waals surface area (Å²) in [7, 11) is 3.60. The van der Waals surface area contributed by atoms with E-state index in [1.54, 1.807) is 45.8 Å². The molecule has 144 valence electrons. The van der Waals surface area contributed by atoms with Gasteiger partial charge in [0, 0.05) is 37.8 Å². The number of carbonyl (C=O) groups is 2. The van der Waals surface area contributed by atoms with Gasteiger partial charge in [0.05, 0.1) is 29.8 Å². The molecule has 0 spiro atoms. The quantitative estimate of drug-likeness (QED) is 0.501. The number of likely N-dealkylation sites (N-methyl/N-ethyl adjacent to an activating group) is 1. The molecule has 8 nitrogen and oxygen atoms in total. The lowest BCUT2D eigenvalue weighted by molar-refractivity contribution is -0.126. The molecule has 0 saturated heterocycles. The zero-order valence-corrected chi connectivity index (χ0v) is 15.9. The Morgan fingerprint density at radius 3 is 2.82 bits per heavy atom. The zero-order valence-electron chi connectivity index (χ0n) is 15.9. The van der Waals surface area contributed by atoms with Gasteiger partial charge in [0.25, 0.3) is 0 Å². The maximum atomic E-state index is 13.3. The molecule has 0 aromatic carbocycles. The van der Waals surface area contributed by atoms with E-state index < -0.39 is 0 Å². The monoisotopic (exact) mass is 378 g/mol. The third-order valence-electron chi connectivity index (χ3n) is 5.47. The molecule has 3 aromatic heterocycles. The van der Waals surface area contributed by atoms with E-state index in [2.05, 4.69) is 21.8 Å². The van der Waals surface area contributed by atoms with E-state index in [1.807, 2.05) is 13.2 Å². The number of fused-ring (bicyclic) bond motifs is 1. The van der Waals surface area contributed by atoms with Gasteiger partial charge in [-0.2, -0.15) is 10.2 Å². The molecule has 8 heteroatoms. The van der Waals surface area contributed by atoms with Gasteiger partial charge in [-0.15, -0.1) is 0 Å². The molecule has 1 fully saturated rings. The summed E-state index contributed by atoms with van der Waals surface area (Å²) in [6.45, 7) is 3.54.